The van der Waals surface area contributed by atoms with Gasteiger partial charge in [0.25, 0.3) is 0 Å². The molecule has 2 aromatic carbocycles. The molecule has 0 bridgehead atoms. The van der Waals surface area contributed by atoms with Gasteiger partial charge in [0.1, 0.15) is 0 Å². The van der Waals surface area contributed by atoms with E-state index in [4.69, 9.17) is 0 Å². The van der Waals surface area contributed by atoms with E-state index in [1.165, 1.54) is 0 Å². The van der Waals surface area contributed by atoms with Crippen LogP contribution in [0.25, 0.3) is 0 Å². The molecule has 1 aliphatic carbocycles. The number of carbonyl (C=O) groups excluding carboxylic acids is 2. The van der Waals surface area contributed by atoms with Crippen molar-refractivity contribution in [1.29, 1.82) is 0 Å². The van der Waals surface area contributed by atoms with Crippen LogP contribution in [-0.4, -0.2) is 11.8 Å². The van der Waals surface area contributed by atoms with Crippen LogP contribution in [0.1, 0.15) is 35.6 Å². The van der Waals surface area contributed by atoms with E-state index in [9.17, 15) is 9.59 Å². The number of aryl methyl sites for hydroxylation is 4. The summed E-state index contributed by atoms with van der Waals surface area (Å²) in [5.41, 5.74) is 5.99. The van der Waals surface area contributed by atoms with Gasteiger partial charge in [-0.25, -0.2) is 0 Å². The Morgan fingerprint density at radius 1 is 0.846 bits per heavy atom. The molecule has 0 aromatic heterocycles. The smallest absolute Gasteiger partial charge is 0.228 e. The van der Waals surface area contributed by atoms with Crippen molar-refractivity contribution in [1.82, 2.24) is 0 Å². The van der Waals surface area contributed by atoms with Crippen molar-refractivity contribution in [2.45, 2.75) is 40.5 Å². The first-order valence-electron chi connectivity index (χ1n) is 9.18. The second-order valence-corrected chi connectivity index (χ2v) is 7.16. The van der Waals surface area contributed by atoms with E-state index >= 15 is 0 Å². The van der Waals surface area contributed by atoms with Gasteiger partial charge in [0.05, 0.1) is 11.8 Å². The van der Waals surface area contributed by atoms with Crippen molar-refractivity contribution in [3.63, 3.8) is 0 Å². The van der Waals surface area contributed by atoms with E-state index < -0.39 is 0 Å². The average Bonchev–Trinajstić information content (AvgIpc) is 3.41. The van der Waals surface area contributed by atoms with Crippen LogP contribution in [0.3, 0.4) is 0 Å². The largest absolute Gasteiger partial charge is 0.325 e. The average molecular weight is 350 g/mol. The molecule has 1 fully saturated rings. The van der Waals surface area contributed by atoms with Crippen LogP contribution in [-0.2, 0) is 16.0 Å². The highest BCUT2D eigenvalue weighted by Gasteiger charge is 2.48. The molecule has 1 saturated carbocycles. The molecule has 4 heteroatoms. The van der Waals surface area contributed by atoms with Crippen LogP contribution >= 0.6 is 0 Å². The lowest BCUT2D eigenvalue weighted by molar-refractivity contribution is -0.122. The van der Waals surface area contributed by atoms with E-state index in [0.29, 0.717) is 6.42 Å². The van der Waals surface area contributed by atoms with Crippen LogP contribution < -0.4 is 10.6 Å². The quantitative estimate of drug-likeness (QED) is 0.840. The third kappa shape index (κ3) is 3.64. The molecular formula is C22H26N2O2. The van der Waals surface area contributed by atoms with Crippen molar-refractivity contribution < 1.29 is 9.59 Å². The van der Waals surface area contributed by atoms with Crippen LogP contribution in [0, 0.1) is 32.6 Å². The SMILES string of the molecule is CCc1cccc(C)c1NC(=O)C1CC1C(=O)Nc1c(C)cccc1C. The van der Waals surface area contributed by atoms with Gasteiger partial charge in [-0.3, -0.25) is 9.59 Å². The molecule has 2 unspecified atom stereocenters. The number of hydrogen-bond donors (Lipinski definition) is 2. The second-order valence-electron chi connectivity index (χ2n) is 7.16. The van der Waals surface area contributed by atoms with Crippen LogP contribution in [0.2, 0.25) is 0 Å². The van der Waals surface area contributed by atoms with Gasteiger partial charge in [0.2, 0.25) is 11.8 Å². The maximum Gasteiger partial charge on any atom is 0.228 e. The summed E-state index contributed by atoms with van der Waals surface area (Å²) in [6, 6.07) is 11.9. The van der Waals surface area contributed by atoms with Crippen molar-refractivity contribution in [3.05, 3.63) is 58.7 Å². The molecule has 0 radical (unpaired) electrons. The molecule has 2 N–H and O–H groups in total. The number of hydrogen-bond acceptors (Lipinski definition) is 2. The molecule has 1 aliphatic rings. The minimum Gasteiger partial charge on any atom is -0.325 e. The predicted octanol–water partition coefficient (Wildman–Crippen LogP) is 4.39. The van der Waals surface area contributed by atoms with Crippen LogP contribution in [0.15, 0.2) is 36.4 Å². The molecule has 0 spiro atoms. The Hall–Kier alpha value is -2.62. The van der Waals surface area contributed by atoms with Crippen molar-refractivity contribution >= 4 is 23.2 Å². The number of carbonyl (C=O) groups is 2. The molecule has 4 nitrogen and oxygen atoms in total. The van der Waals surface area contributed by atoms with Crippen LogP contribution in [0.4, 0.5) is 11.4 Å². The lowest BCUT2D eigenvalue weighted by atomic mass is 10.1. The lowest BCUT2D eigenvalue weighted by Crippen LogP contribution is -2.22. The highest BCUT2D eigenvalue weighted by Crippen LogP contribution is 2.41. The molecule has 0 heterocycles. The number of rotatable bonds is 5. The first-order valence-corrected chi connectivity index (χ1v) is 9.18. The van der Waals surface area contributed by atoms with E-state index in [-0.39, 0.29) is 23.7 Å². The van der Waals surface area contributed by atoms with E-state index in [1.807, 2.05) is 57.2 Å². The van der Waals surface area contributed by atoms with E-state index in [1.54, 1.807) is 0 Å². The first kappa shape index (κ1) is 18.2. The summed E-state index contributed by atoms with van der Waals surface area (Å²) in [5.74, 6) is -0.620. The van der Waals surface area contributed by atoms with Gasteiger partial charge in [-0.1, -0.05) is 43.3 Å². The summed E-state index contributed by atoms with van der Waals surface area (Å²) in [5, 5.41) is 6.05. The first-order chi connectivity index (χ1) is 12.4. The Kier molecular flexibility index (Phi) is 5.12. The lowest BCUT2D eigenvalue weighted by Gasteiger charge is -2.13. The Balaban J connectivity index is 1.65. The topological polar surface area (TPSA) is 58.2 Å². The van der Waals surface area contributed by atoms with Crippen LogP contribution in [0.5, 0.6) is 0 Å². The maximum absolute atomic E-state index is 12.6. The van der Waals surface area contributed by atoms with Gasteiger partial charge in [0.15, 0.2) is 0 Å². The molecule has 26 heavy (non-hydrogen) atoms. The number of benzene rings is 2. The molecule has 2 aromatic rings. The van der Waals surface area contributed by atoms with Crippen molar-refractivity contribution in [2.75, 3.05) is 10.6 Å². The molecule has 2 atom stereocenters. The minimum absolute atomic E-state index is 0.0596. The minimum atomic E-state index is -0.247. The fraction of sp³-hybridized carbons (Fsp3) is 0.364. The molecule has 0 aliphatic heterocycles. The van der Waals surface area contributed by atoms with E-state index in [2.05, 4.69) is 17.6 Å². The summed E-state index contributed by atoms with van der Waals surface area (Å²) in [6.45, 7) is 8.02. The fourth-order valence-electron chi connectivity index (χ4n) is 3.42. The van der Waals surface area contributed by atoms with Gasteiger partial charge in [0, 0.05) is 11.4 Å². The standard InChI is InChI=1S/C22H26N2O2/c1-5-16-11-7-10-15(4)20(16)24-22(26)18-12-17(18)21(25)23-19-13(2)8-6-9-14(19)3/h6-11,17-18H,5,12H2,1-4H3,(H,23,25)(H,24,26). The summed E-state index contributed by atoms with van der Waals surface area (Å²) in [6.07, 6.45) is 1.47. The fourth-order valence-corrected chi connectivity index (χ4v) is 3.42. The van der Waals surface area contributed by atoms with Gasteiger partial charge in [-0.2, -0.15) is 0 Å². The Morgan fingerprint density at radius 3 is 1.85 bits per heavy atom. The zero-order valence-corrected chi connectivity index (χ0v) is 15.8. The summed E-state index contributed by atoms with van der Waals surface area (Å²) in [7, 11) is 0. The third-order valence-electron chi connectivity index (χ3n) is 5.18. The highest BCUT2D eigenvalue weighted by molar-refractivity contribution is 6.04. The predicted molar refractivity (Wildman–Crippen MR) is 105 cm³/mol. The molecular weight excluding hydrogens is 324 g/mol. The summed E-state index contributed by atoms with van der Waals surface area (Å²) < 4.78 is 0. The van der Waals surface area contributed by atoms with Crippen molar-refractivity contribution in [3.8, 4) is 0 Å². The number of nitrogens with one attached hydrogen (secondary N) is 2. The number of amides is 2. The van der Waals surface area contributed by atoms with E-state index in [0.717, 1.165) is 40.0 Å². The van der Waals surface area contributed by atoms with Crippen molar-refractivity contribution in [2.24, 2.45) is 11.8 Å². The number of para-hydroxylation sites is 2. The Labute approximate surface area is 155 Å². The van der Waals surface area contributed by atoms with Gasteiger partial charge >= 0.3 is 0 Å². The second kappa shape index (κ2) is 7.32. The number of anilines is 2. The maximum atomic E-state index is 12.6. The molecule has 2 amide bonds. The highest BCUT2D eigenvalue weighted by atomic mass is 16.2. The molecule has 3 rings (SSSR count). The normalized spacial score (nSPS) is 18.3. The van der Waals surface area contributed by atoms with Gasteiger partial charge < -0.3 is 10.6 Å². The zero-order chi connectivity index (χ0) is 18.8. The molecule has 0 saturated heterocycles. The Morgan fingerprint density at radius 2 is 1.31 bits per heavy atom. The van der Waals surface area contributed by atoms with Gasteiger partial charge in [-0.05, 0) is 55.9 Å². The van der Waals surface area contributed by atoms with Gasteiger partial charge in [-0.15, -0.1) is 0 Å². The summed E-state index contributed by atoms with van der Waals surface area (Å²) >= 11 is 0. The monoisotopic (exact) mass is 350 g/mol. The third-order valence-corrected chi connectivity index (χ3v) is 5.18. The zero-order valence-electron chi connectivity index (χ0n) is 15.8. The Bertz CT molecular complexity index is 837. The summed E-state index contributed by atoms with van der Waals surface area (Å²) in [4.78, 5) is 25.2. The molecule has 136 valence electrons.